The van der Waals surface area contributed by atoms with Crippen molar-refractivity contribution < 1.29 is 24.1 Å². The molecule has 15 heavy (non-hydrogen) atoms. The Morgan fingerprint density at radius 3 is 2.87 bits per heavy atom. The summed E-state index contributed by atoms with van der Waals surface area (Å²) in [5.74, 6) is 0. The quantitative estimate of drug-likeness (QED) is 0.547. The Labute approximate surface area is 90.2 Å². The normalized spacial score (nSPS) is 51.2. The first-order valence-corrected chi connectivity index (χ1v) is 5.44. The van der Waals surface area contributed by atoms with Gasteiger partial charge in [-0.25, -0.2) is 0 Å². The van der Waals surface area contributed by atoms with Crippen LogP contribution < -0.4 is 5.73 Å². The lowest BCUT2D eigenvalue weighted by Crippen LogP contribution is -2.65. The van der Waals surface area contributed by atoms with Crippen LogP contribution in [0, 0.1) is 0 Å². The molecule has 0 spiro atoms. The fraction of sp³-hybridized carbons (Fsp3) is 1.00. The van der Waals surface area contributed by atoms with Crippen LogP contribution in [0.1, 0.15) is 0 Å². The Hall–Kier alpha value is 0.190. The van der Waals surface area contributed by atoms with E-state index >= 15 is 0 Å². The van der Waals surface area contributed by atoms with E-state index in [1.807, 2.05) is 0 Å². The molecule has 0 bridgehead atoms. The fourth-order valence-corrected chi connectivity index (χ4v) is 2.13. The van der Waals surface area contributed by atoms with Crippen LogP contribution in [0.25, 0.3) is 0 Å². The maximum Gasteiger partial charge on any atom is 0.175 e. The van der Waals surface area contributed by atoms with Crippen molar-refractivity contribution in [2.24, 2.45) is 5.73 Å². The minimum Gasteiger partial charge on any atom is -0.388 e. The summed E-state index contributed by atoms with van der Waals surface area (Å²) in [6.07, 6.45) is -2.21. The SMILES string of the molecule is CO[C@H]1OC2COC(P)O[C@H]2[C@H](O)C1N. The second-order valence-electron chi connectivity index (χ2n) is 3.65. The molecule has 0 aliphatic carbocycles. The molecule has 2 heterocycles. The molecule has 2 aliphatic heterocycles. The lowest BCUT2D eigenvalue weighted by molar-refractivity contribution is -0.318. The van der Waals surface area contributed by atoms with Gasteiger partial charge in [-0.1, -0.05) is 9.24 Å². The van der Waals surface area contributed by atoms with Crippen LogP contribution in [0.3, 0.4) is 0 Å². The number of fused-ring (bicyclic) bond motifs is 1. The molecule has 6 nitrogen and oxygen atoms in total. The van der Waals surface area contributed by atoms with Gasteiger partial charge in [0, 0.05) is 7.11 Å². The van der Waals surface area contributed by atoms with Crippen LogP contribution in [0.5, 0.6) is 0 Å². The summed E-state index contributed by atoms with van der Waals surface area (Å²) in [4.78, 5) is 0. The van der Waals surface area contributed by atoms with E-state index in [9.17, 15) is 5.11 Å². The number of methoxy groups -OCH3 is 1. The summed E-state index contributed by atoms with van der Waals surface area (Å²) >= 11 is 0. The predicted octanol–water partition coefficient (Wildman–Crippen LogP) is -1.38. The van der Waals surface area contributed by atoms with Crippen LogP contribution in [0.4, 0.5) is 0 Å². The van der Waals surface area contributed by atoms with Gasteiger partial charge in [0.2, 0.25) is 0 Å². The van der Waals surface area contributed by atoms with Gasteiger partial charge in [0.05, 0.1) is 12.6 Å². The summed E-state index contributed by atoms with van der Waals surface area (Å²) in [5, 5.41) is 9.92. The van der Waals surface area contributed by atoms with Crippen molar-refractivity contribution in [2.75, 3.05) is 13.7 Å². The smallest absolute Gasteiger partial charge is 0.175 e. The number of ether oxygens (including phenoxy) is 4. The molecule has 2 aliphatic rings. The highest BCUT2D eigenvalue weighted by Gasteiger charge is 2.47. The Balaban J connectivity index is 2.07. The molecule has 0 aromatic carbocycles. The molecule has 2 saturated heterocycles. The highest BCUT2D eigenvalue weighted by Crippen LogP contribution is 2.29. The standard InChI is InChI=1S/C8H16NO5P/c1-11-7-4(9)5(10)6-3(13-7)2-12-8(15)14-6/h3-8,10H,2,9,15H2,1H3/t3?,4?,5-,6-,7+,8?/m1/s1. The second kappa shape index (κ2) is 4.59. The molecule has 0 aromatic heterocycles. The molecule has 0 amide bonds. The average molecular weight is 237 g/mol. The summed E-state index contributed by atoms with van der Waals surface area (Å²) in [5.41, 5.74) is 5.76. The summed E-state index contributed by atoms with van der Waals surface area (Å²) < 4.78 is 21.2. The van der Waals surface area contributed by atoms with Crippen LogP contribution in [0.2, 0.25) is 0 Å². The van der Waals surface area contributed by atoms with Gasteiger partial charge in [-0.05, 0) is 0 Å². The monoisotopic (exact) mass is 237 g/mol. The Bertz CT molecular complexity index is 229. The predicted molar refractivity (Wildman–Crippen MR) is 54.0 cm³/mol. The number of hydrogen-bond donors (Lipinski definition) is 2. The van der Waals surface area contributed by atoms with Crippen LogP contribution >= 0.6 is 9.24 Å². The third kappa shape index (κ3) is 2.17. The van der Waals surface area contributed by atoms with Gasteiger partial charge < -0.3 is 29.8 Å². The first-order valence-electron chi connectivity index (χ1n) is 4.78. The highest BCUT2D eigenvalue weighted by molar-refractivity contribution is 7.16. The minimum absolute atomic E-state index is 0.332. The third-order valence-electron chi connectivity index (χ3n) is 2.67. The third-order valence-corrected chi connectivity index (χ3v) is 3.02. The molecule has 4 unspecified atom stereocenters. The van der Waals surface area contributed by atoms with Crippen molar-refractivity contribution in [2.45, 2.75) is 36.7 Å². The molecule has 7 heteroatoms. The lowest BCUT2D eigenvalue weighted by atomic mass is 9.97. The number of aliphatic hydroxyl groups is 1. The lowest BCUT2D eigenvalue weighted by Gasteiger charge is -2.45. The Kier molecular flexibility index (Phi) is 3.57. The number of rotatable bonds is 1. The Morgan fingerprint density at radius 1 is 1.47 bits per heavy atom. The molecule has 7 atom stereocenters. The Morgan fingerprint density at radius 2 is 2.20 bits per heavy atom. The summed E-state index contributed by atoms with van der Waals surface area (Å²) in [7, 11) is 3.87. The zero-order valence-corrected chi connectivity index (χ0v) is 9.56. The molecule has 3 N–H and O–H groups in total. The fourth-order valence-electron chi connectivity index (χ4n) is 1.84. The molecular formula is C8H16NO5P. The molecule has 0 radical (unpaired) electrons. The van der Waals surface area contributed by atoms with E-state index in [1.54, 1.807) is 0 Å². The van der Waals surface area contributed by atoms with Crippen molar-refractivity contribution in [1.29, 1.82) is 0 Å². The van der Waals surface area contributed by atoms with Gasteiger partial charge in [0.1, 0.15) is 18.3 Å². The molecule has 0 aromatic rings. The highest BCUT2D eigenvalue weighted by atomic mass is 31.0. The molecule has 2 fully saturated rings. The molecule has 0 saturated carbocycles. The van der Waals surface area contributed by atoms with E-state index < -0.39 is 30.6 Å². The van der Waals surface area contributed by atoms with E-state index in [4.69, 9.17) is 24.7 Å². The average Bonchev–Trinajstić information content (AvgIpc) is 2.24. The maximum atomic E-state index is 9.92. The molecular weight excluding hydrogens is 221 g/mol. The van der Waals surface area contributed by atoms with Crippen molar-refractivity contribution >= 4 is 9.24 Å². The van der Waals surface area contributed by atoms with Crippen molar-refractivity contribution in [3.05, 3.63) is 0 Å². The zero-order valence-electron chi connectivity index (χ0n) is 8.41. The van der Waals surface area contributed by atoms with Crippen molar-refractivity contribution in [3.8, 4) is 0 Å². The van der Waals surface area contributed by atoms with E-state index in [2.05, 4.69) is 9.24 Å². The van der Waals surface area contributed by atoms with Crippen molar-refractivity contribution in [3.63, 3.8) is 0 Å². The van der Waals surface area contributed by atoms with E-state index in [0.29, 0.717) is 6.61 Å². The van der Waals surface area contributed by atoms with Gasteiger partial charge in [-0.15, -0.1) is 0 Å². The van der Waals surface area contributed by atoms with Gasteiger partial charge in [0.15, 0.2) is 12.3 Å². The number of nitrogens with two attached hydrogens (primary N) is 1. The first-order chi connectivity index (χ1) is 7.13. The second-order valence-corrected chi connectivity index (χ2v) is 4.19. The number of aliphatic hydroxyl groups excluding tert-OH is 1. The van der Waals surface area contributed by atoms with Gasteiger partial charge in [-0.3, -0.25) is 0 Å². The maximum absolute atomic E-state index is 9.92. The summed E-state index contributed by atoms with van der Waals surface area (Å²) in [6, 6.07) is -1.03. The zero-order chi connectivity index (χ0) is 11.0. The molecule has 2 rings (SSSR count). The van der Waals surface area contributed by atoms with Crippen LogP contribution in [-0.4, -0.2) is 55.5 Å². The topological polar surface area (TPSA) is 83.2 Å². The summed E-state index contributed by atoms with van der Waals surface area (Å²) in [6.45, 7) is 0.364. The number of hydrogen-bond acceptors (Lipinski definition) is 6. The van der Waals surface area contributed by atoms with Gasteiger partial charge in [-0.2, -0.15) is 0 Å². The van der Waals surface area contributed by atoms with Crippen molar-refractivity contribution in [1.82, 2.24) is 0 Å². The minimum atomic E-state index is -0.805. The van der Waals surface area contributed by atoms with Crippen LogP contribution in [0.15, 0.2) is 0 Å². The largest absolute Gasteiger partial charge is 0.388 e. The van der Waals surface area contributed by atoms with E-state index in [-0.39, 0.29) is 6.10 Å². The van der Waals surface area contributed by atoms with Gasteiger partial charge >= 0.3 is 0 Å². The molecule has 88 valence electrons. The first kappa shape index (κ1) is 11.7. The van der Waals surface area contributed by atoms with Gasteiger partial charge in [0.25, 0.3) is 0 Å². The van der Waals surface area contributed by atoms with E-state index in [0.717, 1.165) is 0 Å². The van der Waals surface area contributed by atoms with Crippen LogP contribution in [-0.2, 0) is 18.9 Å². The van der Waals surface area contributed by atoms with E-state index in [1.165, 1.54) is 7.11 Å².